The van der Waals surface area contributed by atoms with Crippen molar-refractivity contribution in [1.29, 1.82) is 0 Å². The van der Waals surface area contributed by atoms with Crippen LogP contribution in [0.2, 0.25) is 0 Å². The van der Waals surface area contributed by atoms with Crippen molar-refractivity contribution < 1.29 is 4.79 Å². The van der Waals surface area contributed by atoms with Gasteiger partial charge in [0.25, 0.3) is 5.91 Å². The fourth-order valence-electron chi connectivity index (χ4n) is 2.04. The lowest BCUT2D eigenvalue weighted by Gasteiger charge is -2.24. The summed E-state index contributed by atoms with van der Waals surface area (Å²) in [5.41, 5.74) is 7.49. The van der Waals surface area contributed by atoms with Gasteiger partial charge in [-0.05, 0) is 32.0 Å². The van der Waals surface area contributed by atoms with Crippen molar-refractivity contribution >= 4 is 28.6 Å². The molecule has 1 amide bonds. The molecule has 0 unspecified atom stereocenters. The van der Waals surface area contributed by atoms with Gasteiger partial charge in [-0.2, -0.15) is 0 Å². The van der Waals surface area contributed by atoms with Crippen molar-refractivity contribution in [2.45, 2.75) is 19.4 Å². The number of rotatable bonds is 4. The van der Waals surface area contributed by atoms with Crippen molar-refractivity contribution in [3.05, 3.63) is 40.3 Å². The molecule has 0 atom stereocenters. The van der Waals surface area contributed by atoms with E-state index >= 15 is 0 Å². The molecule has 0 fully saturated rings. The summed E-state index contributed by atoms with van der Waals surface area (Å²) < 4.78 is 0. The van der Waals surface area contributed by atoms with Crippen LogP contribution in [0.15, 0.2) is 29.8 Å². The van der Waals surface area contributed by atoms with Crippen LogP contribution >= 0.6 is 11.3 Å². The molecule has 1 aromatic carbocycles. The lowest BCUT2D eigenvalue weighted by Crippen LogP contribution is -2.40. The number of carbonyl (C=O) groups excluding carboxylic acids is 1. The van der Waals surface area contributed by atoms with Gasteiger partial charge >= 0.3 is 0 Å². The van der Waals surface area contributed by atoms with E-state index in [1.807, 2.05) is 44.3 Å². The second kappa shape index (κ2) is 5.73. The molecule has 1 heterocycles. The Morgan fingerprint density at radius 3 is 2.62 bits per heavy atom. The van der Waals surface area contributed by atoms with E-state index in [0.29, 0.717) is 11.3 Å². The molecule has 2 aromatic rings. The minimum absolute atomic E-state index is 0.160. The number of anilines is 2. The summed E-state index contributed by atoms with van der Waals surface area (Å²) in [6, 6.07) is 5.32. The maximum Gasteiger partial charge on any atom is 0.252 e. The lowest BCUT2D eigenvalue weighted by atomic mass is 10.1. The number of thiazole rings is 1. The first kappa shape index (κ1) is 15.3. The van der Waals surface area contributed by atoms with E-state index in [-0.39, 0.29) is 5.91 Å². The van der Waals surface area contributed by atoms with Gasteiger partial charge in [0.15, 0.2) is 0 Å². The number of amides is 1. The van der Waals surface area contributed by atoms with Crippen LogP contribution < -0.4 is 16.0 Å². The quantitative estimate of drug-likeness (QED) is 0.851. The number of nitrogens with two attached hydrogens (primary N) is 1. The summed E-state index contributed by atoms with van der Waals surface area (Å²) in [4.78, 5) is 18.6. The van der Waals surface area contributed by atoms with Gasteiger partial charge in [-0.1, -0.05) is 0 Å². The fraction of sp³-hybridized carbons (Fsp3) is 0.333. The maximum absolute atomic E-state index is 12.4. The first-order chi connectivity index (χ1) is 9.81. The van der Waals surface area contributed by atoms with E-state index < -0.39 is 5.54 Å². The average Bonchev–Trinajstić information content (AvgIpc) is 2.92. The Morgan fingerprint density at radius 2 is 2.10 bits per heavy atom. The predicted molar refractivity (Wildman–Crippen MR) is 87.8 cm³/mol. The van der Waals surface area contributed by atoms with Crippen molar-refractivity contribution in [1.82, 2.24) is 10.3 Å². The van der Waals surface area contributed by atoms with Crippen molar-refractivity contribution in [2.24, 2.45) is 0 Å². The molecular formula is C15H20N4OS. The van der Waals surface area contributed by atoms with Gasteiger partial charge in [0, 0.05) is 31.2 Å². The van der Waals surface area contributed by atoms with E-state index in [2.05, 4.69) is 10.3 Å². The smallest absolute Gasteiger partial charge is 0.252 e. The molecule has 112 valence electrons. The first-order valence-corrected chi connectivity index (χ1v) is 7.48. The minimum Gasteiger partial charge on any atom is -0.397 e. The Balaban J connectivity index is 2.19. The Bertz CT molecular complexity index is 635. The molecule has 0 aliphatic heterocycles. The Hall–Kier alpha value is -2.08. The minimum atomic E-state index is -0.514. The number of nitrogens with zero attached hydrogens (tertiary/aromatic N) is 2. The van der Waals surface area contributed by atoms with Crippen LogP contribution in [-0.4, -0.2) is 25.0 Å². The highest BCUT2D eigenvalue weighted by molar-refractivity contribution is 7.09. The third-order valence-corrected chi connectivity index (χ3v) is 4.26. The number of hydrogen-bond donors (Lipinski definition) is 2. The second-order valence-corrected chi connectivity index (χ2v) is 6.48. The zero-order valence-corrected chi connectivity index (χ0v) is 13.5. The van der Waals surface area contributed by atoms with Crippen LogP contribution in [0.25, 0.3) is 0 Å². The standard InChI is InChI=1S/C15H20N4OS/c1-15(2,14-17-7-8-21-14)18-13(20)10-5-6-12(19(3)4)11(16)9-10/h5-9H,16H2,1-4H3,(H,18,20). The van der Waals surface area contributed by atoms with Gasteiger partial charge in [-0.3, -0.25) is 4.79 Å². The fourth-order valence-corrected chi connectivity index (χ4v) is 2.76. The average molecular weight is 304 g/mol. The molecule has 5 nitrogen and oxygen atoms in total. The highest BCUT2D eigenvalue weighted by atomic mass is 32.1. The third-order valence-electron chi connectivity index (χ3n) is 3.16. The normalized spacial score (nSPS) is 11.2. The molecule has 1 aromatic heterocycles. The van der Waals surface area contributed by atoms with Gasteiger partial charge in [0.1, 0.15) is 5.01 Å². The van der Waals surface area contributed by atoms with E-state index in [1.54, 1.807) is 18.3 Å². The number of nitrogen functional groups attached to an aromatic ring is 1. The van der Waals surface area contributed by atoms with E-state index in [1.165, 1.54) is 11.3 Å². The second-order valence-electron chi connectivity index (χ2n) is 5.58. The lowest BCUT2D eigenvalue weighted by molar-refractivity contribution is 0.0912. The monoisotopic (exact) mass is 304 g/mol. The summed E-state index contributed by atoms with van der Waals surface area (Å²) in [6.45, 7) is 3.86. The first-order valence-electron chi connectivity index (χ1n) is 6.60. The predicted octanol–water partition coefficient (Wildman–Crippen LogP) is 2.46. The number of nitrogens with one attached hydrogen (secondary N) is 1. The number of hydrogen-bond acceptors (Lipinski definition) is 5. The largest absolute Gasteiger partial charge is 0.397 e. The third kappa shape index (κ3) is 3.33. The van der Waals surface area contributed by atoms with Crippen LogP contribution in [-0.2, 0) is 5.54 Å². The molecule has 2 rings (SSSR count). The Kier molecular flexibility index (Phi) is 4.18. The molecule has 0 saturated heterocycles. The van der Waals surface area contributed by atoms with Gasteiger partial charge in [-0.15, -0.1) is 11.3 Å². The SMILES string of the molecule is CN(C)c1ccc(C(=O)NC(C)(C)c2nccs2)cc1N. The zero-order chi connectivity index (χ0) is 15.6. The van der Waals surface area contributed by atoms with Gasteiger partial charge in [0.2, 0.25) is 0 Å². The number of benzene rings is 1. The molecule has 0 saturated carbocycles. The topological polar surface area (TPSA) is 71.2 Å². The van der Waals surface area contributed by atoms with E-state index in [4.69, 9.17) is 5.73 Å². The summed E-state index contributed by atoms with van der Waals surface area (Å²) in [6.07, 6.45) is 1.73. The zero-order valence-electron chi connectivity index (χ0n) is 12.7. The molecule has 21 heavy (non-hydrogen) atoms. The summed E-state index contributed by atoms with van der Waals surface area (Å²) >= 11 is 1.52. The summed E-state index contributed by atoms with van der Waals surface area (Å²) in [7, 11) is 3.83. The summed E-state index contributed by atoms with van der Waals surface area (Å²) in [5.74, 6) is -0.160. The molecule has 0 bridgehead atoms. The van der Waals surface area contributed by atoms with Crippen LogP contribution in [0.5, 0.6) is 0 Å². The van der Waals surface area contributed by atoms with E-state index in [0.717, 1.165) is 10.7 Å². The van der Waals surface area contributed by atoms with Crippen molar-refractivity contribution in [2.75, 3.05) is 24.7 Å². The van der Waals surface area contributed by atoms with Crippen LogP contribution in [0.1, 0.15) is 29.2 Å². The highest BCUT2D eigenvalue weighted by Crippen LogP contribution is 2.25. The number of carbonyl (C=O) groups is 1. The molecule has 6 heteroatoms. The van der Waals surface area contributed by atoms with Crippen molar-refractivity contribution in [3.8, 4) is 0 Å². The maximum atomic E-state index is 12.4. The molecule has 3 N–H and O–H groups in total. The molecule has 0 aliphatic carbocycles. The molecular weight excluding hydrogens is 284 g/mol. The highest BCUT2D eigenvalue weighted by Gasteiger charge is 2.26. The van der Waals surface area contributed by atoms with Crippen molar-refractivity contribution in [3.63, 3.8) is 0 Å². The Morgan fingerprint density at radius 1 is 1.38 bits per heavy atom. The van der Waals surface area contributed by atoms with Crippen LogP contribution in [0.3, 0.4) is 0 Å². The van der Waals surface area contributed by atoms with Crippen LogP contribution in [0, 0.1) is 0 Å². The van der Waals surface area contributed by atoms with Gasteiger partial charge in [-0.25, -0.2) is 4.98 Å². The van der Waals surface area contributed by atoms with Gasteiger partial charge in [0.05, 0.1) is 16.9 Å². The molecule has 0 aliphatic rings. The molecule has 0 radical (unpaired) electrons. The van der Waals surface area contributed by atoms with Crippen LogP contribution in [0.4, 0.5) is 11.4 Å². The Labute approximate surface area is 128 Å². The number of aromatic nitrogens is 1. The summed E-state index contributed by atoms with van der Waals surface area (Å²) in [5, 5.41) is 5.76. The van der Waals surface area contributed by atoms with E-state index in [9.17, 15) is 4.79 Å². The molecule has 0 spiro atoms. The van der Waals surface area contributed by atoms with Gasteiger partial charge < -0.3 is 16.0 Å².